The first kappa shape index (κ1) is 19.7. The normalized spacial score (nSPS) is 11.4. The van der Waals surface area contributed by atoms with E-state index in [4.69, 9.17) is 0 Å². The van der Waals surface area contributed by atoms with Crippen LogP contribution in [0, 0.1) is 6.92 Å². The van der Waals surface area contributed by atoms with Crippen LogP contribution in [0.2, 0.25) is 0 Å². The van der Waals surface area contributed by atoms with Crippen molar-refractivity contribution in [3.8, 4) is 0 Å². The largest absolute Gasteiger partial charge is 0.392 e. The van der Waals surface area contributed by atoms with Crippen molar-refractivity contribution in [2.75, 3.05) is 31.5 Å². The van der Waals surface area contributed by atoms with Gasteiger partial charge in [0.15, 0.2) is 0 Å². The minimum Gasteiger partial charge on any atom is -0.392 e. The van der Waals surface area contributed by atoms with Crippen LogP contribution in [0.5, 0.6) is 0 Å². The van der Waals surface area contributed by atoms with Crippen LogP contribution in [0.3, 0.4) is 0 Å². The maximum absolute atomic E-state index is 9.51. The predicted molar refractivity (Wildman–Crippen MR) is 107 cm³/mol. The van der Waals surface area contributed by atoms with Crippen molar-refractivity contribution < 1.29 is 5.11 Å². The summed E-state index contributed by atoms with van der Waals surface area (Å²) in [5.74, 6) is 0. The van der Waals surface area contributed by atoms with Crippen LogP contribution < -0.4 is 5.32 Å². The van der Waals surface area contributed by atoms with Crippen molar-refractivity contribution in [2.45, 2.75) is 53.1 Å². The van der Waals surface area contributed by atoms with E-state index >= 15 is 0 Å². The molecule has 0 unspecified atom stereocenters. The third-order valence-corrected chi connectivity index (χ3v) is 4.92. The van der Waals surface area contributed by atoms with E-state index in [1.54, 1.807) is 0 Å². The second-order valence-electron chi connectivity index (χ2n) is 6.69. The van der Waals surface area contributed by atoms with Crippen LogP contribution >= 0.6 is 0 Å². The summed E-state index contributed by atoms with van der Waals surface area (Å²) in [7, 11) is 0. The molecule has 4 heteroatoms. The molecule has 4 nitrogen and oxygen atoms in total. The van der Waals surface area contributed by atoms with Gasteiger partial charge < -0.3 is 15.3 Å². The summed E-state index contributed by atoms with van der Waals surface area (Å²) < 4.78 is 0. The summed E-state index contributed by atoms with van der Waals surface area (Å²) >= 11 is 0. The van der Waals surface area contributed by atoms with Crippen molar-refractivity contribution >= 4 is 16.6 Å². The first-order chi connectivity index (χ1) is 12.2. The molecule has 0 saturated carbocycles. The van der Waals surface area contributed by atoms with Gasteiger partial charge >= 0.3 is 0 Å². The second kappa shape index (κ2) is 10.4. The Bertz CT molecular complexity index is 653. The number of pyridine rings is 1. The average molecular weight is 344 g/mol. The Kier molecular flexibility index (Phi) is 8.16. The molecule has 0 atom stereocenters. The smallest absolute Gasteiger partial charge is 0.0936 e. The zero-order valence-corrected chi connectivity index (χ0v) is 16.0. The van der Waals surface area contributed by atoms with Crippen LogP contribution in [0.25, 0.3) is 10.9 Å². The van der Waals surface area contributed by atoms with Crippen molar-refractivity contribution in [3.63, 3.8) is 0 Å². The number of benzene rings is 1. The van der Waals surface area contributed by atoms with E-state index in [-0.39, 0.29) is 6.61 Å². The number of aliphatic hydroxyl groups excluding tert-OH is 1. The highest BCUT2D eigenvalue weighted by Crippen LogP contribution is 2.26. The van der Waals surface area contributed by atoms with Crippen LogP contribution in [-0.2, 0) is 6.61 Å². The second-order valence-corrected chi connectivity index (χ2v) is 6.69. The number of nitrogens with zero attached hydrogens (tertiary/aromatic N) is 2. The number of nitrogens with one attached hydrogen (secondary N) is 1. The van der Waals surface area contributed by atoms with E-state index in [1.807, 2.05) is 24.4 Å². The van der Waals surface area contributed by atoms with E-state index in [0.29, 0.717) is 0 Å². The van der Waals surface area contributed by atoms with E-state index < -0.39 is 0 Å². The topological polar surface area (TPSA) is 48.4 Å². The highest BCUT2D eigenvalue weighted by atomic mass is 16.3. The number of aryl methyl sites for hydroxylation is 1. The molecule has 1 aromatic heterocycles. The van der Waals surface area contributed by atoms with Crippen molar-refractivity contribution in [1.29, 1.82) is 0 Å². The number of aromatic nitrogens is 1. The molecule has 0 aliphatic heterocycles. The molecule has 1 heterocycles. The molecule has 0 radical (unpaired) electrons. The van der Waals surface area contributed by atoms with Crippen LogP contribution in [0.1, 0.15) is 50.7 Å². The molecule has 0 saturated heterocycles. The monoisotopic (exact) mass is 343 g/mol. The number of anilines is 1. The lowest BCUT2D eigenvalue weighted by molar-refractivity contribution is 0.282. The minimum absolute atomic E-state index is 0.0598. The summed E-state index contributed by atoms with van der Waals surface area (Å²) in [4.78, 5) is 7.02. The Balaban J connectivity index is 1.84. The highest BCUT2D eigenvalue weighted by molar-refractivity contribution is 5.93. The van der Waals surface area contributed by atoms with Crippen molar-refractivity contribution in [3.05, 3.63) is 35.5 Å². The Morgan fingerprint density at radius 2 is 1.84 bits per heavy atom. The SMILES string of the molecule is CCN(CC)CCCCCCNc1cc(CO)cc2c(C)ccnc12. The van der Waals surface area contributed by atoms with Gasteiger partial charge in [0.25, 0.3) is 0 Å². The summed E-state index contributed by atoms with van der Waals surface area (Å²) in [6.45, 7) is 11.1. The third-order valence-electron chi connectivity index (χ3n) is 4.92. The standard InChI is InChI=1S/C21H33N3O/c1-4-24(5-2)13-9-7-6-8-11-22-20-15-18(16-25)14-19-17(3)10-12-23-21(19)20/h10,12,14-15,22,25H,4-9,11,13,16H2,1-3H3. The minimum atomic E-state index is 0.0598. The fraction of sp³-hybridized carbons (Fsp3) is 0.571. The summed E-state index contributed by atoms with van der Waals surface area (Å²) in [5.41, 5.74) is 4.16. The number of unbranched alkanes of at least 4 members (excludes halogenated alkanes) is 3. The third kappa shape index (κ3) is 5.68. The number of hydrogen-bond acceptors (Lipinski definition) is 4. The van der Waals surface area contributed by atoms with Crippen LogP contribution in [0.15, 0.2) is 24.4 Å². The molecule has 2 N–H and O–H groups in total. The summed E-state index contributed by atoms with van der Waals surface area (Å²) in [6, 6.07) is 6.08. The van der Waals surface area contributed by atoms with E-state index in [2.05, 4.69) is 36.0 Å². The molecular weight excluding hydrogens is 310 g/mol. The molecule has 25 heavy (non-hydrogen) atoms. The van der Waals surface area contributed by atoms with Gasteiger partial charge in [0.2, 0.25) is 0 Å². The van der Waals surface area contributed by atoms with Crippen molar-refractivity contribution in [1.82, 2.24) is 9.88 Å². The maximum atomic E-state index is 9.51. The molecule has 2 rings (SSSR count). The number of fused-ring (bicyclic) bond motifs is 1. The molecule has 0 aliphatic carbocycles. The van der Waals surface area contributed by atoms with Gasteiger partial charge in [0.05, 0.1) is 17.8 Å². The molecule has 1 aromatic carbocycles. The van der Waals surface area contributed by atoms with Gasteiger partial charge in [-0.1, -0.05) is 26.7 Å². The molecule has 2 aromatic rings. The fourth-order valence-corrected chi connectivity index (χ4v) is 3.25. The number of aliphatic hydroxyl groups is 1. The van der Waals surface area contributed by atoms with E-state index in [1.165, 1.54) is 31.4 Å². The number of rotatable bonds is 11. The molecule has 0 bridgehead atoms. The Morgan fingerprint density at radius 1 is 1.08 bits per heavy atom. The molecule has 0 amide bonds. The summed E-state index contributed by atoms with van der Waals surface area (Å²) in [6.07, 6.45) is 6.83. The zero-order chi connectivity index (χ0) is 18.1. The summed E-state index contributed by atoms with van der Waals surface area (Å²) in [5, 5.41) is 14.2. The molecule has 138 valence electrons. The van der Waals surface area contributed by atoms with Gasteiger partial charge in [-0.15, -0.1) is 0 Å². The Morgan fingerprint density at radius 3 is 2.56 bits per heavy atom. The average Bonchev–Trinajstić information content (AvgIpc) is 2.64. The molecule has 0 aliphatic rings. The van der Waals surface area contributed by atoms with E-state index in [9.17, 15) is 5.11 Å². The Hall–Kier alpha value is -1.65. The first-order valence-corrected chi connectivity index (χ1v) is 9.64. The fourth-order valence-electron chi connectivity index (χ4n) is 3.25. The van der Waals surface area contributed by atoms with Crippen LogP contribution in [-0.4, -0.2) is 41.2 Å². The van der Waals surface area contributed by atoms with Gasteiger partial charge in [-0.3, -0.25) is 4.98 Å². The highest BCUT2D eigenvalue weighted by Gasteiger charge is 2.07. The lowest BCUT2D eigenvalue weighted by Crippen LogP contribution is -2.23. The molecule has 0 fully saturated rings. The van der Waals surface area contributed by atoms with Gasteiger partial charge in [0.1, 0.15) is 0 Å². The molecule has 0 spiro atoms. The van der Waals surface area contributed by atoms with Crippen molar-refractivity contribution in [2.24, 2.45) is 0 Å². The lowest BCUT2D eigenvalue weighted by atomic mass is 10.1. The van der Waals surface area contributed by atoms with Crippen LogP contribution in [0.4, 0.5) is 5.69 Å². The quantitative estimate of drug-likeness (QED) is 0.596. The maximum Gasteiger partial charge on any atom is 0.0936 e. The van der Waals surface area contributed by atoms with E-state index in [0.717, 1.165) is 48.2 Å². The number of hydrogen-bond donors (Lipinski definition) is 2. The van der Waals surface area contributed by atoms with Gasteiger partial charge in [-0.25, -0.2) is 0 Å². The predicted octanol–water partition coefficient (Wildman–Crippen LogP) is 4.35. The molecular formula is C21H33N3O. The Labute approximate surface area is 152 Å². The first-order valence-electron chi connectivity index (χ1n) is 9.64. The van der Waals surface area contributed by atoms with Gasteiger partial charge in [0, 0.05) is 18.1 Å². The lowest BCUT2D eigenvalue weighted by Gasteiger charge is -2.17. The zero-order valence-electron chi connectivity index (χ0n) is 16.0. The van der Waals surface area contributed by atoms with Gasteiger partial charge in [-0.05, 0) is 68.7 Å². The van der Waals surface area contributed by atoms with Gasteiger partial charge in [-0.2, -0.15) is 0 Å².